The fraction of sp³-hybridized carbons (Fsp3) is 0.824. The number of nitrogens with one attached hydrogen (secondary N) is 1. The molecule has 0 aromatic carbocycles. The van der Waals surface area contributed by atoms with Gasteiger partial charge in [-0.05, 0) is 75.4 Å². The lowest BCUT2D eigenvalue weighted by atomic mass is 9.52. The number of carbonyl (C=O) groups is 1. The molecular weight excluding hydrogens is 248 g/mol. The Morgan fingerprint density at radius 2 is 2.20 bits per heavy atom. The van der Waals surface area contributed by atoms with E-state index in [0.717, 1.165) is 30.6 Å². The normalized spacial score (nSPS) is 44.7. The summed E-state index contributed by atoms with van der Waals surface area (Å²) in [5.74, 6) is 2.69. The van der Waals surface area contributed by atoms with Crippen LogP contribution in [0, 0.1) is 17.8 Å². The van der Waals surface area contributed by atoms with E-state index in [9.17, 15) is 4.79 Å². The highest BCUT2D eigenvalue weighted by Crippen LogP contribution is 2.58. The Morgan fingerprint density at radius 3 is 3.05 bits per heavy atom. The standard InChI is InChI=1S/C17H26N2O/c1-11-8-12-9-15-14(5-6-16(20)18-15)17(10-11)13(12)4-3-7-19(17)2/h11-13H,3-10H2,1-2H3,(H,18,20)/t11-,12+,13-,17-/m0/s1. The predicted octanol–water partition coefficient (Wildman–Crippen LogP) is 2.68. The molecule has 1 saturated carbocycles. The minimum atomic E-state index is 0.239. The van der Waals surface area contributed by atoms with Gasteiger partial charge in [-0.2, -0.15) is 0 Å². The molecule has 2 fully saturated rings. The van der Waals surface area contributed by atoms with Crippen molar-refractivity contribution in [3.63, 3.8) is 0 Å². The van der Waals surface area contributed by atoms with Crippen LogP contribution in [0.2, 0.25) is 0 Å². The van der Waals surface area contributed by atoms with Gasteiger partial charge in [0.25, 0.3) is 0 Å². The fourth-order valence-electron chi connectivity index (χ4n) is 5.91. The Balaban J connectivity index is 1.85. The van der Waals surface area contributed by atoms with Gasteiger partial charge in [-0.1, -0.05) is 6.92 Å². The topological polar surface area (TPSA) is 32.3 Å². The first-order valence-electron chi connectivity index (χ1n) is 8.35. The Morgan fingerprint density at radius 1 is 1.35 bits per heavy atom. The minimum absolute atomic E-state index is 0.239. The molecule has 0 unspecified atom stereocenters. The van der Waals surface area contributed by atoms with E-state index in [1.807, 2.05) is 0 Å². The molecule has 4 aliphatic rings. The number of rotatable bonds is 0. The van der Waals surface area contributed by atoms with Gasteiger partial charge >= 0.3 is 0 Å². The highest BCUT2D eigenvalue weighted by molar-refractivity contribution is 5.80. The average molecular weight is 274 g/mol. The summed E-state index contributed by atoms with van der Waals surface area (Å²) in [4.78, 5) is 14.4. The van der Waals surface area contributed by atoms with Gasteiger partial charge in [-0.25, -0.2) is 0 Å². The van der Waals surface area contributed by atoms with Crippen LogP contribution in [-0.4, -0.2) is 29.9 Å². The molecular formula is C17H26N2O. The molecule has 1 N–H and O–H groups in total. The maximum atomic E-state index is 11.8. The van der Waals surface area contributed by atoms with Crippen LogP contribution in [0.4, 0.5) is 0 Å². The highest BCUT2D eigenvalue weighted by Gasteiger charge is 2.57. The third kappa shape index (κ3) is 1.59. The van der Waals surface area contributed by atoms with Crippen molar-refractivity contribution in [2.45, 2.75) is 57.4 Å². The first-order chi connectivity index (χ1) is 9.61. The van der Waals surface area contributed by atoms with Crippen molar-refractivity contribution in [2.75, 3.05) is 13.6 Å². The third-order valence-corrected chi connectivity index (χ3v) is 6.48. The van der Waals surface area contributed by atoms with E-state index >= 15 is 0 Å². The molecule has 0 spiro atoms. The first kappa shape index (κ1) is 12.9. The largest absolute Gasteiger partial charge is 0.330 e. The SMILES string of the molecule is C[C@H]1C[C@@H]2CC3=C(CCC(=O)N3)[C@]3(C1)[C@H]2CCCN3C. The summed E-state index contributed by atoms with van der Waals surface area (Å²) < 4.78 is 0. The summed E-state index contributed by atoms with van der Waals surface area (Å²) in [5.41, 5.74) is 3.19. The molecule has 1 amide bonds. The minimum Gasteiger partial charge on any atom is -0.330 e. The number of hydrogen-bond donors (Lipinski definition) is 1. The van der Waals surface area contributed by atoms with Gasteiger partial charge in [-0.15, -0.1) is 0 Å². The van der Waals surface area contributed by atoms with E-state index in [4.69, 9.17) is 0 Å². The molecule has 2 bridgehead atoms. The van der Waals surface area contributed by atoms with E-state index in [2.05, 4.69) is 24.2 Å². The number of piperidine rings is 1. The number of likely N-dealkylation sites (tertiary alicyclic amines) is 1. The van der Waals surface area contributed by atoms with Crippen LogP contribution >= 0.6 is 0 Å². The first-order valence-corrected chi connectivity index (χ1v) is 8.35. The Kier molecular flexibility index (Phi) is 2.79. The molecule has 20 heavy (non-hydrogen) atoms. The molecule has 0 aromatic rings. The second-order valence-corrected chi connectivity index (χ2v) is 7.61. The molecule has 4 atom stereocenters. The van der Waals surface area contributed by atoms with Gasteiger partial charge in [0, 0.05) is 17.7 Å². The monoisotopic (exact) mass is 274 g/mol. The van der Waals surface area contributed by atoms with Gasteiger partial charge < -0.3 is 5.32 Å². The van der Waals surface area contributed by atoms with E-state index < -0.39 is 0 Å². The lowest BCUT2D eigenvalue weighted by molar-refractivity contribution is -0.122. The molecule has 2 heterocycles. The van der Waals surface area contributed by atoms with Crippen LogP contribution in [-0.2, 0) is 4.79 Å². The predicted molar refractivity (Wildman–Crippen MR) is 79.0 cm³/mol. The number of allylic oxidation sites excluding steroid dienone is 1. The van der Waals surface area contributed by atoms with E-state index in [0.29, 0.717) is 6.42 Å². The molecule has 110 valence electrons. The van der Waals surface area contributed by atoms with Crippen LogP contribution in [0.15, 0.2) is 11.3 Å². The molecule has 0 radical (unpaired) electrons. The van der Waals surface area contributed by atoms with Gasteiger partial charge in [0.15, 0.2) is 0 Å². The molecule has 1 saturated heterocycles. The van der Waals surface area contributed by atoms with Crippen molar-refractivity contribution >= 4 is 5.91 Å². The zero-order valence-electron chi connectivity index (χ0n) is 12.7. The number of nitrogens with zero attached hydrogens (tertiary/aromatic N) is 1. The van der Waals surface area contributed by atoms with Crippen molar-refractivity contribution in [1.29, 1.82) is 0 Å². The van der Waals surface area contributed by atoms with Crippen molar-refractivity contribution in [3.05, 3.63) is 11.3 Å². The summed E-state index contributed by atoms with van der Waals surface area (Å²) in [5, 5.41) is 3.22. The fourth-order valence-corrected chi connectivity index (χ4v) is 5.91. The number of hydrogen-bond acceptors (Lipinski definition) is 2. The summed E-state index contributed by atoms with van der Waals surface area (Å²) >= 11 is 0. The second-order valence-electron chi connectivity index (χ2n) is 7.61. The Hall–Kier alpha value is -0.830. The van der Waals surface area contributed by atoms with Gasteiger partial charge in [-0.3, -0.25) is 9.69 Å². The number of carbonyl (C=O) groups excluding carboxylic acids is 1. The van der Waals surface area contributed by atoms with Crippen LogP contribution < -0.4 is 5.32 Å². The van der Waals surface area contributed by atoms with Crippen molar-refractivity contribution in [3.8, 4) is 0 Å². The molecule has 3 nitrogen and oxygen atoms in total. The van der Waals surface area contributed by atoms with Crippen LogP contribution in [0.25, 0.3) is 0 Å². The highest BCUT2D eigenvalue weighted by atomic mass is 16.1. The lowest BCUT2D eigenvalue weighted by Crippen LogP contribution is -2.64. The van der Waals surface area contributed by atoms with Gasteiger partial charge in [0.2, 0.25) is 5.91 Å². The molecule has 3 heteroatoms. The summed E-state index contributed by atoms with van der Waals surface area (Å²) in [6.45, 7) is 3.65. The zero-order valence-corrected chi connectivity index (χ0v) is 12.7. The van der Waals surface area contributed by atoms with E-state index in [-0.39, 0.29) is 11.4 Å². The summed E-state index contributed by atoms with van der Waals surface area (Å²) in [6.07, 6.45) is 8.23. The van der Waals surface area contributed by atoms with E-state index in [1.165, 1.54) is 37.9 Å². The maximum absolute atomic E-state index is 11.8. The molecule has 2 aliphatic carbocycles. The maximum Gasteiger partial charge on any atom is 0.224 e. The zero-order chi connectivity index (χ0) is 13.9. The molecule has 4 rings (SSSR count). The third-order valence-electron chi connectivity index (χ3n) is 6.48. The lowest BCUT2D eigenvalue weighted by Gasteiger charge is -2.62. The van der Waals surface area contributed by atoms with Crippen LogP contribution in [0.3, 0.4) is 0 Å². The van der Waals surface area contributed by atoms with Gasteiger partial charge in [0.1, 0.15) is 0 Å². The smallest absolute Gasteiger partial charge is 0.224 e. The molecule has 2 aliphatic heterocycles. The summed E-state index contributed by atoms with van der Waals surface area (Å²) in [6, 6.07) is 0. The number of amides is 1. The van der Waals surface area contributed by atoms with Crippen LogP contribution in [0.1, 0.15) is 51.9 Å². The van der Waals surface area contributed by atoms with Crippen molar-refractivity contribution in [2.24, 2.45) is 17.8 Å². The van der Waals surface area contributed by atoms with Crippen molar-refractivity contribution in [1.82, 2.24) is 10.2 Å². The second kappa shape index (κ2) is 4.33. The quantitative estimate of drug-likeness (QED) is 0.736. The van der Waals surface area contributed by atoms with Crippen molar-refractivity contribution < 1.29 is 4.79 Å². The Bertz CT molecular complexity index is 483. The van der Waals surface area contributed by atoms with Gasteiger partial charge in [0.05, 0.1) is 0 Å². The molecule has 0 aromatic heterocycles. The summed E-state index contributed by atoms with van der Waals surface area (Å²) in [7, 11) is 2.33. The average Bonchev–Trinajstić information content (AvgIpc) is 2.39. The Labute approximate surface area is 121 Å². The number of likely N-dealkylation sites (N-methyl/N-ethyl adjacent to an activating group) is 1. The van der Waals surface area contributed by atoms with E-state index in [1.54, 1.807) is 5.57 Å². The van der Waals surface area contributed by atoms with Crippen LogP contribution in [0.5, 0.6) is 0 Å².